The SMILES string of the molecule is O=S1(=O)CC(NCc2ccc3c(c2)OCO3)C(S(=O)(=O)c2ccc(Cl)cc2)C1. The minimum Gasteiger partial charge on any atom is -0.454 e. The Morgan fingerprint density at radius 2 is 1.75 bits per heavy atom. The molecule has 2 heterocycles. The van der Waals surface area contributed by atoms with Crippen molar-refractivity contribution in [2.24, 2.45) is 0 Å². The van der Waals surface area contributed by atoms with Crippen molar-refractivity contribution in [3.63, 3.8) is 0 Å². The van der Waals surface area contributed by atoms with Crippen LogP contribution in [0, 0.1) is 0 Å². The van der Waals surface area contributed by atoms with E-state index in [0.29, 0.717) is 23.1 Å². The highest BCUT2D eigenvalue weighted by atomic mass is 35.5. The molecule has 2 aliphatic rings. The van der Waals surface area contributed by atoms with E-state index < -0.39 is 36.7 Å². The molecule has 2 aliphatic heterocycles. The van der Waals surface area contributed by atoms with E-state index in [4.69, 9.17) is 21.1 Å². The maximum atomic E-state index is 13.0. The zero-order valence-electron chi connectivity index (χ0n) is 14.7. The van der Waals surface area contributed by atoms with Crippen LogP contribution in [0.25, 0.3) is 0 Å². The average molecular weight is 444 g/mol. The first kappa shape index (κ1) is 19.5. The number of hydrogen-bond acceptors (Lipinski definition) is 7. The van der Waals surface area contributed by atoms with Crippen molar-refractivity contribution >= 4 is 31.3 Å². The van der Waals surface area contributed by atoms with E-state index >= 15 is 0 Å². The lowest BCUT2D eigenvalue weighted by Crippen LogP contribution is -2.43. The van der Waals surface area contributed by atoms with Gasteiger partial charge in [0.2, 0.25) is 6.79 Å². The Hall–Kier alpha value is -1.81. The number of fused-ring (bicyclic) bond motifs is 1. The molecule has 2 unspecified atom stereocenters. The van der Waals surface area contributed by atoms with Gasteiger partial charge >= 0.3 is 0 Å². The van der Waals surface area contributed by atoms with Crippen molar-refractivity contribution in [1.29, 1.82) is 0 Å². The second-order valence-electron chi connectivity index (χ2n) is 6.79. The van der Waals surface area contributed by atoms with Crippen LogP contribution in [0.15, 0.2) is 47.4 Å². The molecule has 10 heteroatoms. The maximum Gasteiger partial charge on any atom is 0.231 e. The van der Waals surface area contributed by atoms with Crippen LogP contribution in [0.1, 0.15) is 5.56 Å². The van der Waals surface area contributed by atoms with Gasteiger partial charge in [-0.25, -0.2) is 16.8 Å². The molecule has 2 aromatic carbocycles. The van der Waals surface area contributed by atoms with Gasteiger partial charge in [0.05, 0.1) is 21.7 Å². The molecule has 2 atom stereocenters. The van der Waals surface area contributed by atoms with Crippen LogP contribution in [0.3, 0.4) is 0 Å². The first-order chi connectivity index (χ1) is 13.2. The third-order valence-corrected chi connectivity index (χ3v) is 9.27. The minimum absolute atomic E-state index is 0.0638. The summed E-state index contributed by atoms with van der Waals surface area (Å²) in [6.07, 6.45) is 0. The summed E-state index contributed by atoms with van der Waals surface area (Å²) < 4.78 is 61.0. The van der Waals surface area contributed by atoms with Gasteiger partial charge in [-0.1, -0.05) is 17.7 Å². The third kappa shape index (κ3) is 3.84. The fourth-order valence-corrected chi connectivity index (χ4v) is 8.25. The van der Waals surface area contributed by atoms with Gasteiger partial charge in [0, 0.05) is 17.6 Å². The van der Waals surface area contributed by atoms with Crippen LogP contribution in [0.4, 0.5) is 0 Å². The second kappa shape index (κ2) is 7.22. The van der Waals surface area contributed by atoms with Crippen LogP contribution in [0.5, 0.6) is 11.5 Å². The predicted molar refractivity (Wildman–Crippen MR) is 104 cm³/mol. The highest BCUT2D eigenvalue weighted by Crippen LogP contribution is 2.33. The quantitative estimate of drug-likeness (QED) is 0.752. The molecule has 0 radical (unpaired) electrons. The molecule has 0 aromatic heterocycles. The first-order valence-electron chi connectivity index (χ1n) is 8.56. The summed E-state index contributed by atoms with van der Waals surface area (Å²) in [5.74, 6) is 0.630. The van der Waals surface area contributed by atoms with Gasteiger partial charge < -0.3 is 14.8 Å². The summed E-state index contributed by atoms with van der Waals surface area (Å²) in [5.41, 5.74) is 0.844. The fourth-order valence-electron chi connectivity index (χ4n) is 3.41. The van der Waals surface area contributed by atoms with E-state index in [1.165, 1.54) is 24.3 Å². The van der Waals surface area contributed by atoms with Crippen molar-refractivity contribution in [3.8, 4) is 11.5 Å². The Bertz CT molecular complexity index is 1100. The van der Waals surface area contributed by atoms with Crippen LogP contribution in [-0.2, 0) is 26.2 Å². The van der Waals surface area contributed by atoms with Crippen molar-refractivity contribution in [3.05, 3.63) is 53.1 Å². The molecule has 1 N–H and O–H groups in total. The summed E-state index contributed by atoms with van der Waals surface area (Å²) >= 11 is 5.83. The molecule has 0 aliphatic carbocycles. The smallest absolute Gasteiger partial charge is 0.231 e. The molecular formula is C18H18ClNO6S2. The topological polar surface area (TPSA) is 98.8 Å². The fraction of sp³-hybridized carbons (Fsp3) is 0.333. The van der Waals surface area contributed by atoms with E-state index in [1.807, 2.05) is 6.07 Å². The van der Waals surface area contributed by atoms with Crippen LogP contribution in [-0.4, -0.2) is 46.4 Å². The molecule has 0 saturated carbocycles. The number of halogens is 1. The van der Waals surface area contributed by atoms with Gasteiger partial charge in [0.25, 0.3) is 0 Å². The molecule has 150 valence electrons. The number of rotatable bonds is 5. The average Bonchev–Trinajstić information content (AvgIpc) is 3.23. The summed E-state index contributed by atoms with van der Waals surface area (Å²) in [5, 5.41) is 2.45. The highest BCUT2D eigenvalue weighted by Gasteiger charge is 2.45. The molecule has 0 spiro atoms. The van der Waals surface area contributed by atoms with E-state index in [2.05, 4.69) is 5.32 Å². The van der Waals surface area contributed by atoms with Crippen molar-refractivity contribution in [2.45, 2.75) is 22.7 Å². The zero-order chi connectivity index (χ0) is 19.9. The lowest BCUT2D eigenvalue weighted by atomic mass is 10.2. The number of sulfone groups is 2. The Morgan fingerprint density at radius 3 is 2.50 bits per heavy atom. The highest BCUT2D eigenvalue weighted by molar-refractivity contribution is 7.96. The van der Waals surface area contributed by atoms with Gasteiger partial charge in [-0.3, -0.25) is 0 Å². The van der Waals surface area contributed by atoms with Gasteiger partial charge in [0.1, 0.15) is 0 Å². The van der Waals surface area contributed by atoms with Gasteiger partial charge in [0.15, 0.2) is 31.2 Å². The molecule has 1 saturated heterocycles. The van der Waals surface area contributed by atoms with Crippen LogP contribution < -0.4 is 14.8 Å². The number of benzene rings is 2. The Labute approximate surface area is 168 Å². The largest absolute Gasteiger partial charge is 0.454 e. The molecule has 28 heavy (non-hydrogen) atoms. The minimum atomic E-state index is -3.83. The van der Waals surface area contributed by atoms with Crippen molar-refractivity contribution < 1.29 is 26.3 Å². The zero-order valence-corrected chi connectivity index (χ0v) is 17.1. The predicted octanol–water partition coefficient (Wildman–Crippen LogP) is 1.80. The summed E-state index contributed by atoms with van der Waals surface area (Å²) in [6, 6.07) is 10.4. The van der Waals surface area contributed by atoms with Crippen molar-refractivity contribution in [1.82, 2.24) is 5.32 Å². The van der Waals surface area contributed by atoms with Gasteiger partial charge in [-0.2, -0.15) is 0 Å². The van der Waals surface area contributed by atoms with Gasteiger partial charge in [-0.15, -0.1) is 0 Å². The Balaban J connectivity index is 1.55. The molecule has 1 fully saturated rings. The lowest BCUT2D eigenvalue weighted by Gasteiger charge is -2.20. The molecular weight excluding hydrogens is 426 g/mol. The summed E-state index contributed by atoms with van der Waals surface area (Å²) in [4.78, 5) is 0.0638. The van der Waals surface area contributed by atoms with E-state index in [9.17, 15) is 16.8 Å². The summed E-state index contributed by atoms with van der Waals surface area (Å²) in [7, 11) is -7.30. The molecule has 7 nitrogen and oxygen atoms in total. The summed E-state index contributed by atoms with van der Waals surface area (Å²) in [6.45, 7) is 0.470. The maximum absolute atomic E-state index is 13.0. The molecule has 2 aromatic rings. The number of ether oxygens (including phenoxy) is 2. The molecule has 0 amide bonds. The Kier molecular flexibility index (Phi) is 5.03. The standard InChI is InChI=1S/C18H18ClNO6S2/c19-13-2-4-14(5-3-13)28(23,24)18-10-27(21,22)9-15(18)20-8-12-1-6-16-17(7-12)26-11-25-16/h1-7,15,18,20H,8-11H2. The number of hydrogen-bond donors (Lipinski definition) is 1. The van der Waals surface area contributed by atoms with E-state index in [-0.39, 0.29) is 17.4 Å². The van der Waals surface area contributed by atoms with Crippen LogP contribution in [0.2, 0.25) is 5.02 Å². The monoisotopic (exact) mass is 443 g/mol. The Morgan fingerprint density at radius 1 is 1.04 bits per heavy atom. The number of nitrogens with one attached hydrogen (secondary N) is 1. The molecule has 4 rings (SSSR count). The lowest BCUT2D eigenvalue weighted by molar-refractivity contribution is 0.174. The molecule has 0 bridgehead atoms. The second-order valence-corrected chi connectivity index (χ2v) is 11.5. The van der Waals surface area contributed by atoms with Crippen molar-refractivity contribution in [2.75, 3.05) is 18.3 Å². The van der Waals surface area contributed by atoms with E-state index in [1.54, 1.807) is 12.1 Å². The van der Waals surface area contributed by atoms with Crippen LogP contribution >= 0.6 is 11.6 Å². The third-order valence-electron chi connectivity index (χ3n) is 4.85. The normalized spacial score (nSPS) is 23.0. The van der Waals surface area contributed by atoms with E-state index in [0.717, 1.165) is 5.56 Å². The first-order valence-corrected chi connectivity index (χ1v) is 12.3. The van der Waals surface area contributed by atoms with Gasteiger partial charge in [-0.05, 0) is 42.0 Å².